The van der Waals surface area contributed by atoms with Gasteiger partial charge < -0.3 is 58.6 Å². The Labute approximate surface area is 728 Å². The van der Waals surface area contributed by atoms with Gasteiger partial charge in [0.2, 0.25) is 0 Å². The van der Waals surface area contributed by atoms with Gasteiger partial charge in [-0.2, -0.15) is 0 Å². The van der Waals surface area contributed by atoms with E-state index in [9.17, 15) is 47.9 Å². The molecule has 2 aliphatic heterocycles. The van der Waals surface area contributed by atoms with Crippen molar-refractivity contribution in [2.24, 2.45) is 35.5 Å². The third kappa shape index (κ3) is 75.2. The van der Waals surface area contributed by atoms with Gasteiger partial charge in [-0.05, 0) is 103 Å². The Kier molecular flexibility index (Phi) is 76.9. The van der Waals surface area contributed by atoms with Crippen LogP contribution in [0.15, 0.2) is 0 Å². The van der Waals surface area contributed by atoms with Gasteiger partial charge in [-0.1, -0.05) is 335 Å². The summed E-state index contributed by atoms with van der Waals surface area (Å²) in [6, 6.07) is 0. The Hall–Kier alpha value is -5.38. The van der Waals surface area contributed by atoms with Crippen LogP contribution in [-0.2, 0) is 76.4 Å². The highest BCUT2D eigenvalue weighted by atomic mass is 16.6. The standard InChI is InChI=1S/C50H91NO10.C48H87NO10/c1-3-4-5-6-7-8-9-10-11-12-13-22-27-35-48(56)59-40-44(42-61-50(58)45-37-38-51(2)39-45)41-60-49(57)36-29-28-32-43(30-23-18-14-16-20-25-33-46(52)53)31-24-19-15-17-21-26-34-47(54)55;1-3-4-5-6-7-8-9-10-11-20-25-33-46(54)57-38-42(40-59-48(56)43-35-36-49(2)37-43)39-58-47(55)34-27-26-30-41(28-21-16-12-14-18-23-31-44(50)51)29-22-17-13-15-19-24-32-45(52)53/h43-45H,3-42H2,1-2H3,(H,52,53)(H,54,55);41-43H,3-40H2,1-2H3,(H,50,51)(H,52,53). The van der Waals surface area contributed by atoms with Gasteiger partial charge in [0.05, 0.1) is 23.7 Å². The van der Waals surface area contributed by atoms with Crippen molar-refractivity contribution in [2.75, 3.05) is 79.9 Å². The maximum Gasteiger partial charge on any atom is 0.310 e. The maximum atomic E-state index is 12.9. The second kappa shape index (κ2) is 81.9. The number of carboxylic acids is 4. The summed E-state index contributed by atoms with van der Waals surface area (Å²) in [6.45, 7) is 7.81. The first-order valence-corrected chi connectivity index (χ1v) is 49.4. The summed E-state index contributed by atoms with van der Waals surface area (Å²) < 4.78 is 33.9. The van der Waals surface area contributed by atoms with Crippen LogP contribution in [0, 0.1) is 35.5 Å². The summed E-state index contributed by atoms with van der Waals surface area (Å²) in [7, 11) is 3.97. The van der Waals surface area contributed by atoms with Gasteiger partial charge in [0.15, 0.2) is 0 Å². The monoisotopic (exact) mass is 1700 g/mol. The van der Waals surface area contributed by atoms with Crippen LogP contribution in [0.5, 0.6) is 0 Å². The zero-order valence-electron chi connectivity index (χ0n) is 76.8. The molecular formula is C98H178N2O20. The van der Waals surface area contributed by atoms with Crippen LogP contribution >= 0.6 is 0 Å². The lowest BCUT2D eigenvalue weighted by molar-refractivity contribution is -0.158. The van der Waals surface area contributed by atoms with Gasteiger partial charge in [-0.3, -0.25) is 47.9 Å². The number of carbonyl (C=O) groups is 10. The molecule has 0 aliphatic carbocycles. The molecule has 2 saturated heterocycles. The molecule has 0 aromatic heterocycles. The van der Waals surface area contributed by atoms with Crippen molar-refractivity contribution in [3.05, 3.63) is 0 Å². The number of ether oxygens (including phenoxy) is 6. The van der Waals surface area contributed by atoms with Crippen molar-refractivity contribution in [3.63, 3.8) is 0 Å². The van der Waals surface area contributed by atoms with E-state index in [1.54, 1.807) is 0 Å². The Morgan fingerprint density at radius 1 is 0.242 bits per heavy atom. The second-order valence-corrected chi connectivity index (χ2v) is 35.9. The van der Waals surface area contributed by atoms with Gasteiger partial charge in [0.1, 0.15) is 39.6 Å². The average molecular weight is 1700 g/mol. The second-order valence-electron chi connectivity index (χ2n) is 35.9. The fourth-order valence-corrected chi connectivity index (χ4v) is 16.5. The third-order valence-electron chi connectivity index (χ3n) is 24.3. The molecule has 0 bridgehead atoms. The lowest BCUT2D eigenvalue weighted by Crippen LogP contribution is -2.29. The summed E-state index contributed by atoms with van der Waals surface area (Å²) in [5, 5.41) is 35.4. The summed E-state index contributed by atoms with van der Waals surface area (Å²) in [5.74, 6) is -4.44. The highest BCUT2D eigenvalue weighted by molar-refractivity contribution is 5.74. The number of hydrogen-bond acceptors (Lipinski definition) is 18. The van der Waals surface area contributed by atoms with E-state index in [1.807, 2.05) is 14.1 Å². The molecule has 2 heterocycles. The van der Waals surface area contributed by atoms with Gasteiger partial charge in [-0.15, -0.1) is 0 Å². The van der Waals surface area contributed by atoms with Crippen molar-refractivity contribution in [3.8, 4) is 0 Å². The highest BCUT2D eigenvalue weighted by Gasteiger charge is 2.31. The van der Waals surface area contributed by atoms with Crippen LogP contribution in [0.2, 0.25) is 0 Å². The van der Waals surface area contributed by atoms with Crippen molar-refractivity contribution < 1.29 is 96.8 Å². The zero-order valence-corrected chi connectivity index (χ0v) is 76.8. The molecule has 0 amide bonds. The van der Waals surface area contributed by atoms with Crippen LogP contribution in [0.1, 0.15) is 450 Å². The molecule has 2 aliphatic rings. The smallest absolute Gasteiger partial charge is 0.310 e. The van der Waals surface area contributed by atoms with Crippen LogP contribution in [0.25, 0.3) is 0 Å². The van der Waals surface area contributed by atoms with Crippen LogP contribution in [-0.4, -0.2) is 170 Å². The topological polar surface area (TPSA) is 313 Å². The minimum atomic E-state index is -0.723. The van der Waals surface area contributed by atoms with E-state index in [1.165, 1.54) is 116 Å². The number of aliphatic carboxylic acids is 4. The summed E-state index contributed by atoms with van der Waals surface area (Å²) in [5.41, 5.74) is 0. The van der Waals surface area contributed by atoms with Gasteiger partial charge in [0.25, 0.3) is 0 Å². The van der Waals surface area contributed by atoms with Gasteiger partial charge in [-0.25, -0.2) is 0 Å². The summed E-state index contributed by atoms with van der Waals surface area (Å²) in [6.07, 6.45) is 68.4. The third-order valence-corrected chi connectivity index (χ3v) is 24.3. The normalized spacial score (nSPS) is 14.7. The summed E-state index contributed by atoms with van der Waals surface area (Å²) in [4.78, 5) is 124. The van der Waals surface area contributed by atoms with E-state index in [2.05, 4.69) is 23.6 Å². The van der Waals surface area contributed by atoms with E-state index in [-0.39, 0.29) is 113 Å². The van der Waals surface area contributed by atoms with E-state index in [0.717, 1.165) is 283 Å². The molecule has 0 aromatic carbocycles. The van der Waals surface area contributed by atoms with Crippen molar-refractivity contribution in [1.29, 1.82) is 0 Å². The zero-order chi connectivity index (χ0) is 87.8. The number of likely N-dealkylation sites (tertiary alicyclic amines) is 2. The predicted molar refractivity (Wildman–Crippen MR) is 478 cm³/mol. The Morgan fingerprint density at radius 2 is 0.417 bits per heavy atom. The van der Waals surface area contributed by atoms with E-state index in [4.69, 9.17) is 48.8 Å². The van der Waals surface area contributed by atoms with E-state index >= 15 is 0 Å². The van der Waals surface area contributed by atoms with Crippen LogP contribution in [0.4, 0.5) is 0 Å². The van der Waals surface area contributed by atoms with Gasteiger partial charge >= 0.3 is 59.7 Å². The van der Waals surface area contributed by atoms with Crippen molar-refractivity contribution in [2.45, 2.75) is 450 Å². The van der Waals surface area contributed by atoms with Crippen molar-refractivity contribution >= 4 is 59.7 Å². The SMILES string of the molecule is CCCCCCCCCCCCCC(=O)OCC(COC(=O)CCCCC(CCCCCCCCC(=O)O)CCCCCCCCC(=O)O)COC(=O)C1CCN(C)C1.CCCCCCCCCCCCCCCC(=O)OCC(COC(=O)CCCCC(CCCCCCCCC(=O)O)CCCCCCCCC(=O)O)COC(=O)C1CCN(C)C1. The fraction of sp³-hybridized carbons (Fsp3) is 0.898. The molecular weight excluding hydrogens is 1530 g/mol. The molecule has 0 aromatic rings. The molecule has 0 radical (unpaired) electrons. The molecule has 2 rings (SSSR count). The molecule has 22 nitrogen and oxygen atoms in total. The Morgan fingerprint density at radius 3 is 0.617 bits per heavy atom. The number of rotatable bonds is 86. The first-order valence-electron chi connectivity index (χ1n) is 49.4. The number of hydrogen-bond donors (Lipinski definition) is 4. The van der Waals surface area contributed by atoms with Crippen LogP contribution < -0.4 is 0 Å². The number of carbonyl (C=O) groups excluding carboxylic acids is 6. The molecule has 4 atom stereocenters. The lowest BCUT2D eigenvalue weighted by atomic mass is 9.89. The molecule has 4 N–H and O–H groups in total. The molecule has 0 saturated carbocycles. The quantitative estimate of drug-likeness (QED) is 0.0250. The fourth-order valence-electron chi connectivity index (χ4n) is 16.5. The largest absolute Gasteiger partial charge is 0.481 e. The molecule has 0 spiro atoms. The number of nitrogens with zero attached hydrogens (tertiary/aromatic N) is 2. The molecule has 2 fully saturated rings. The van der Waals surface area contributed by atoms with Crippen LogP contribution in [0.3, 0.4) is 0 Å². The lowest BCUT2D eigenvalue weighted by Gasteiger charge is -2.19. The minimum Gasteiger partial charge on any atom is -0.481 e. The van der Waals surface area contributed by atoms with E-state index in [0.29, 0.717) is 50.6 Å². The van der Waals surface area contributed by atoms with Crippen molar-refractivity contribution in [1.82, 2.24) is 9.80 Å². The highest BCUT2D eigenvalue weighted by Crippen LogP contribution is 2.28. The number of unbranched alkanes of at least 4 members (excludes halogenated alkanes) is 44. The molecule has 4 unspecified atom stereocenters. The van der Waals surface area contributed by atoms with E-state index < -0.39 is 35.7 Å². The number of carboxylic acid groups (broad SMARTS) is 4. The Bertz CT molecular complexity index is 2480. The minimum absolute atomic E-state index is 0.0393. The molecule has 700 valence electrons. The molecule has 22 heteroatoms. The average Bonchev–Trinajstić information content (AvgIpc) is 1.76. The predicted octanol–water partition coefficient (Wildman–Crippen LogP) is 23.7. The maximum absolute atomic E-state index is 12.9. The first kappa shape index (κ1) is 113. The number of esters is 6. The Balaban J connectivity index is 0.00000120. The molecule has 120 heavy (non-hydrogen) atoms. The summed E-state index contributed by atoms with van der Waals surface area (Å²) >= 11 is 0. The first-order chi connectivity index (χ1) is 58.2. The van der Waals surface area contributed by atoms with Gasteiger partial charge in [0, 0.05) is 64.5 Å².